The molecule has 4 fully saturated rings. The van der Waals surface area contributed by atoms with Crippen LogP contribution in [0.5, 0.6) is 0 Å². The summed E-state index contributed by atoms with van der Waals surface area (Å²) in [6.45, 7) is 2.55. The minimum absolute atomic E-state index is 0.280. The number of anilines is 2. The topological polar surface area (TPSA) is 67.2 Å². The molecule has 4 N–H and O–H groups in total. The average molecular weight is 372 g/mol. The standard InChI is InChI=1S/C22H30FN3O/c1-14(6-21(24)27)26-18-2-3-20(19(23)10-18)25-5-4-22-11-15-7-16(12-22)9-17(8-15)13-22/h2-3,6,10,15-17,25-26H,4-5,7-9,11-13H2,1H3,(H2,24,27)/b14-6+. The second-order valence-electron chi connectivity index (χ2n) is 9.14. The van der Waals surface area contributed by atoms with Gasteiger partial charge in [-0.15, -0.1) is 0 Å². The molecule has 4 bridgehead atoms. The Balaban J connectivity index is 1.33. The maximum absolute atomic E-state index is 14.4. The lowest BCUT2D eigenvalue weighted by molar-refractivity contribution is -0.113. The molecule has 0 aliphatic heterocycles. The van der Waals surface area contributed by atoms with Crippen LogP contribution in [-0.4, -0.2) is 12.5 Å². The second kappa shape index (κ2) is 7.17. The minimum atomic E-state index is -0.525. The van der Waals surface area contributed by atoms with Crippen LogP contribution < -0.4 is 16.4 Å². The molecule has 0 spiro atoms. The molecule has 5 heteroatoms. The van der Waals surface area contributed by atoms with Gasteiger partial charge in [-0.25, -0.2) is 4.39 Å². The van der Waals surface area contributed by atoms with Gasteiger partial charge in [0, 0.05) is 24.0 Å². The SMILES string of the molecule is C/C(=C\C(N)=O)Nc1ccc(NCCC23CC4CC(CC(C4)C2)C3)c(F)c1. The monoisotopic (exact) mass is 371 g/mol. The summed E-state index contributed by atoms with van der Waals surface area (Å²) in [4.78, 5) is 10.9. The predicted octanol–water partition coefficient (Wildman–Crippen LogP) is 4.65. The summed E-state index contributed by atoms with van der Waals surface area (Å²) in [7, 11) is 0. The van der Waals surface area contributed by atoms with E-state index in [2.05, 4.69) is 10.6 Å². The van der Waals surface area contributed by atoms with E-state index >= 15 is 0 Å². The number of halogens is 1. The van der Waals surface area contributed by atoms with Crippen LogP contribution in [0.3, 0.4) is 0 Å². The van der Waals surface area contributed by atoms with Crippen molar-refractivity contribution in [2.24, 2.45) is 28.9 Å². The third kappa shape index (κ3) is 4.12. The quantitative estimate of drug-likeness (QED) is 0.612. The van der Waals surface area contributed by atoms with Crippen molar-refractivity contribution in [2.75, 3.05) is 17.2 Å². The molecule has 1 aromatic rings. The molecule has 4 saturated carbocycles. The number of carbonyl (C=O) groups is 1. The number of carbonyl (C=O) groups excluding carboxylic acids is 1. The zero-order valence-electron chi connectivity index (χ0n) is 16.1. The van der Waals surface area contributed by atoms with Crippen LogP contribution in [0.25, 0.3) is 0 Å². The first-order chi connectivity index (χ1) is 12.9. The highest BCUT2D eigenvalue weighted by atomic mass is 19.1. The van der Waals surface area contributed by atoms with Crippen molar-refractivity contribution >= 4 is 17.3 Å². The van der Waals surface area contributed by atoms with Crippen molar-refractivity contribution in [1.29, 1.82) is 0 Å². The van der Waals surface area contributed by atoms with Crippen LogP contribution in [0.4, 0.5) is 15.8 Å². The third-order valence-corrected chi connectivity index (χ3v) is 6.81. The number of amides is 1. The predicted molar refractivity (Wildman–Crippen MR) is 107 cm³/mol. The van der Waals surface area contributed by atoms with E-state index in [1.807, 2.05) is 6.07 Å². The smallest absolute Gasteiger partial charge is 0.243 e. The Hall–Kier alpha value is -2.04. The molecule has 4 nitrogen and oxygen atoms in total. The third-order valence-electron chi connectivity index (χ3n) is 6.81. The van der Waals surface area contributed by atoms with E-state index in [9.17, 15) is 9.18 Å². The lowest BCUT2D eigenvalue weighted by atomic mass is 9.49. The molecule has 27 heavy (non-hydrogen) atoms. The van der Waals surface area contributed by atoms with Crippen LogP contribution in [0.2, 0.25) is 0 Å². The molecule has 4 aliphatic carbocycles. The highest BCUT2D eigenvalue weighted by Gasteiger charge is 2.50. The normalized spacial score (nSPS) is 31.8. The largest absolute Gasteiger partial charge is 0.383 e. The summed E-state index contributed by atoms with van der Waals surface area (Å²) in [5.41, 5.74) is 7.37. The Morgan fingerprint density at radius 2 is 1.85 bits per heavy atom. The fraction of sp³-hybridized carbons (Fsp3) is 0.591. The number of nitrogens with one attached hydrogen (secondary N) is 2. The van der Waals surface area contributed by atoms with Crippen LogP contribution in [0.15, 0.2) is 30.0 Å². The van der Waals surface area contributed by atoms with E-state index in [1.54, 1.807) is 13.0 Å². The van der Waals surface area contributed by atoms with Gasteiger partial charge < -0.3 is 16.4 Å². The summed E-state index contributed by atoms with van der Waals surface area (Å²) in [6, 6.07) is 5.02. The molecule has 1 amide bonds. The molecule has 0 aromatic heterocycles. The van der Waals surface area contributed by atoms with E-state index in [0.29, 0.717) is 22.5 Å². The van der Waals surface area contributed by atoms with Gasteiger partial charge in [0.25, 0.3) is 0 Å². The number of nitrogens with two attached hydrogens (primary N) is 1. The molecule has 1 aromatic carbocycles. The molecule has 0 saturated heterocycles. The van der Waals surface area contributed by atoms with Gasteiger partial charge in [0.05, 0.1) is 5.69 Å². The first-order valence-electron chi connectivity index (χ1n) is 10.2. The molecule has 146 valence electrons. The maximum Gasteiger partial charge on any atom is 0.243 e. The highest BCUT2D eigenvalue weighted by Crippen LogP contribution is 2.61. The second-order valence-corrected chi connectivity index (χ2v) is 9.14. The lowest BCUT2D eigenvalue weighted by Crippen LogP contribution is -2.46. The van der Waals surface area contributed by atoms with Crippen molar-refractivity contribution in [3.8, 4) is 0 Å². The Morgan fingerprint density at radius 1 is 1.22 bits per heavy atom. The zero-order valence-corrected chi connectivity index (χ0v) is 16.1. The number of hydrogen-bond donors (Lipinski definition) is 3. The fourth-order valence-corrected chi connectivity index (χ4v) is 6.27. The number of benzene rings is 1. The molecule has 5 rings (SSSR count). The van der Waals surface area contributed by atoms with Gasteiger partial charge >= 0.3 is 0 Å². The molecule has 0 atom stereocenters. The number of hydrogen-bond acceptors (Lipinski definition) is 3. The Bertz CT molecular complexity index is 723. The Labute approximate surface area is 160 Å². The van der Waals surface area contributed by atoms with E-state index in [4.69, 9.17) is 5.73 Å². The van der Waals surface area contributed by atoms with Crippen LogP contribution >= 0.6 is 0 Å². The van der Waals surface area contributed by atoms with Crippen molar-refractivity contribution in [1.82, 2.24) is 0 Å². The number of allylic oxidation sites excluding steroid dienone is 1. The van der Waals surface area contributed by atoms with Gasteiger partial charge in [0.2, 0.25) is 5.91 Å². The van der Waals surface area contributed by atoms with E-state index in [0.717, 1.165) is 30.7 Å². The van der Waals surface area contributed by atoms with Crippen molar-refractivity contribution < 1.29 is 9.18 Å². The van der Waals surface area contributed by atoms with E-state index < -0.39 is 5.91 Å². The van der Waals surface area contributed by atoms with Crippen LogP contribution in [0, 0.1) is 29.0 Å². The van der Waals surface area contributed by atoms with Crippen molar-refractivity contribution in [3.05, 3.63) is 35.8 Å². The zero-order chi connectivity index (χ0) is 19.0. The van der Waals surface area contributed by atoms with Gasteiger partial charge in [-0.3, -0.25) is 4.79 Å². The number of primary amides is 1. The van der Waals surface area contributed by atoms with Gasteiger partial charge in [-0.1, -0.05) is 0 Å². The molecular weight excluding hydrogens is 341 g/mol. The Morgan fingerprint density at radius 3 is 2.41 bits per heavy atom. The highest BCUT2D eigenvalue weighted by molar-refractivity contribution is 5.87. The first-order valence-corrected chi connectivity index (χ1v) is 10.2. The van der Waals surface area contributed by atoms with Gasteiger partial charge in [-0.2, -0.15) is 0 Å². The fourth-order valence-electron chi connectivity index (χ4n) is 6.27. The van der Waals surface area contributed by atoms with E-state index in [-0.39, 0.29) is 5.82 Å². The Kier molecular flexibility index (Phi) is 4.87. The summed E-state index contributed by atoms with van der Waals surface area (Å²) >= 11 is 0. The molecule has 4 aliphatic rings. The van der Waals surface area contributed by atoms with Gasteiger partial charge in [0.15, 0.2) is 0 Å². The molecular formula is C22H30FN3O. The van der Waals surface area contributed by atoms with Gasteiger partial charge in [-0.05, 0) is 93.2 Å². The lowest BCUT2D eigenvalue weighted by Gasteiger charge is -2.57. The van der Waals surface area contributed by atoms with E-state index in [1.165, 1.54) is 50.7 Å². The summed E-state index contributed by atoms with van der Waals surface area (Å²) in [5.74, 6) is 2.06. The minimum Gasteiger partial charge on any atom is -0.383 e. The summed E-state index contributed by atoms with van der Waals surface area (Å²) in [6.07, 6.45) is 11.0. The molecule has 0 radical (unpaired) electrons. The average Bonchev–Trinajstić information content (AvgIpc) is 2.54. The van der Waals surface area contributed by atoms with Crippen LogP contribution in [0.1, 0.15) is 51.9 Å². The van der Waals surface area contributed by atoms with Crippen molar-refractivity contribution in [3.63, 3.8) is 0 Å². The van der Waals surface area contributed by atoms with Crippen molar-refractivity contribution in [2.45, 2.75) is 51.9 Å². The maximum atomic E-state index is 14.4. The van der Waals surface area contributed by atoms with Gasteiger partial charge in [0.1, 0.15) is 5.82 Å². The number of rotatable bonds is 7. The van der Waals surface area contributed by atoms with Crippen LogP contribution in [-0.2, 0) is 4.79 Å². The molecule has 0 unspecified atom stereocenters. The first kappa shape index (κ1) is 18.3. The summed E-state index contributed by atoms with van der Waals surface area (Å²) < 4.78 is 14.4. The summed E-state index contributed by atoms with van der Waals surface area (Å²) in [5, 5.41) is 6.29. The molecule has 0 heterocycles.